The second-order valence-corrected chi connectivity index (χ2v) is 6.43. The Labute approximate surface area is 139 Å². The molecule has 0 atom stereocenters. The molecule has 0 saturated heterocycles. The summed E-state index contributed by atoms with van der Waals surface area (Å²) in [4.78, 5) is 23.5. The number of halogens is 1. The van der Waals surface area contributed by atoms with Crippen molar-refractivity contribution < 1.29 is 19.4 Å². The summed E-state index contributed by atoms with van der Waals surface area (Å²) in [7, 11) is 0. The van der Waals surface area contributed by atoms with Crippen molar-refractivity contribution in [3.05, 3.63) is 32.4 Å². The lowest BCUT2D eigenvalue weighted by Gasteiger charge is -2.13. The van der Waals surface area contributed by atoms with E-state index >= 15 is 0 Å². The number of carboxylic acid groups (broad SMARTS) is 1. The van der Waals surface area contributed by atoms with Gasteiger partial charge in [0.2, 0.25) is 0 Å². The first kappa shape index (κ1) is 17.9. The lowest BCUT2D eigenvalue weighted by Crippen LogP contribution is -2.15. The Morgan fingerprint density at radius 1 is 1.33 bits per heavy atom. The highest BCUT2D eigenvalue weighted by atomic mass is 127. The molecule has 1 aromatic rings. The van der Waals surface area contributed by atoms with Gasteiger partial charge in [0.25, 0.3) is 0 Å². The maximum absolute atomic E-state index is 12.0. The average Bonchev–Trinajstić information content (AvgIpc) is 2.40. The van der Waals surface area contributed by atoms with Crippen LogP contribution in [0.5, 0.6) is 0 Å². The van der Waals surface area contributed by atoms with E-state index in [9.17, 15) is 14.7 Å². The quantitative estimate of drug-likeness (QED) is 0.422. The third kappa shape index (κ3) is 4.98. The van der Waals surface area contributed by atoms with Gasteiger partial charge in [0.1, 0.15) is 0 Å². The van der Waals surface area contributed by atoms with Crippen molar-refractivity contribution in [3.63, 3.8) is 0 Å². The van der Waals surface area contributed by atoms with Crippen molar-refractivity contribution in [3.8, 4) is 0 Å². The van der Waals surface area contributed by atoms with Crippen molar-refractivity contribution in [2.45, 2.75) is 40.0 Å². The molecule has 0 aromatic heterocycles. The number of carboxylic acids is 1. The van der Waals surface area contributed by atoms with Crippen LogP contribution in [-0.4, -0.2) is 23.7 Å². The van der Waals surface area contributed by atoms with E-state index in [-0.39, 0.29) is 11.1 Å². The van der Waals surface area contributed by atoms with Crippen LogP contribution in [-0.2, 0) is 11.2 Å². The maximum atomic E-state index is 12.0. The van der Waals surface area contributed by atoms with Gasteiger partial charge in [0.15, 0.2) is 0 Å². The second-order valence-electron chi connectivity index (χ2n) is 5.35. The van der Waals surface area contributed by atoms with E-state index in [1.54, 1.807) is 6.07 Å². The van der Waals surface area contributed by atoms with Gasteiger partial charge in [-0.1, -0.05) is 33.3 Å². The molecule has 0 aliphatic heterocycles. The van der Waals surface area contributed by atoms with Crippen LogP contribution in [0.4, 0.5) is 0 Å². The fourth-order valence-electron chi connectivity index (χ4n) is 1.98. The van der Waals surface area contributed by atoms with Crippen molar-refractivity contribution in [2.75, 3.05) is 6.61 Å². The monoisotopic (exact) mass is 404 g/mol. The number of carbonyl (C=O) groups excluding carboxylic acids is 1. The van der Waals surface area contributed by atoms with Crippen molar-refractivity contribution >= 4 is 34.5 Å². The van der Waals surface area contributed by atoms with Crippen molar-refractivity contribution in [2.24, 2.45) is 5.92 Å². The number of esters is 1. The highest BCUT2D eigenvalue weighted by Gasteiger charge is 2.23. The highest BCUT2D eigenvalue weighted by Crippen LogP contribution is 2.24. The maximum Gasteiger partial charge on any atom is 0.339 e. The number of rotatable bonds is 7. The van der Waals surface area contributed by atoms with Gasteiger partial charge in [-0.15, -0.1) is 0 Å². The van der Waals surface area contributed by atoms with Crippen molar-refractivity contribution in [1.29, 1.82) is 0 Å². The lowest BCUT2D eigenvalue weighted by atomic mass is 9.98. The summed E-state index contributed by atoms with van der Waals surface area (Å²) in [5.74, 6) is -1.23. The predicted molar refractivity (Wildman–Crippen MR) is 89.9 cm³/mol. The second kappa shape index (κ2) is 8.36. The minimum Gasteiger partial charge on any atom is -0.478 e. The van der Waals surface area contributed by atoms with Crippen LogP contribution < -0.4 is 0 Å². The SMILES string of the molecule is CCCCOC(=O)c1ccc(CC(C)C)c(I)c1C(=O)O. The summed E-state index contributed by atoms with van der Waals surface area (Å²) in [6.45, 7) is 6.46. The summed E-state index contributed by atoms with van der Waals surface area (Å²) in [5, 5.41) is 9.41. The zero-order valence-electron chi connectivity index (χ0n) is 12.6. The third-order valence-corrected chi connectivity index (χ3v) is 4.25. The zero-order chi connectivity index (χ0) is 16.0. The van der Waals surface area contributed by atoms with Crippen LogP contribution in [0.2, 0.25) is 0 Å². The number of unbranched alkanes of at least 4 members (excludes halogenated alkanes) is 1. The van der Waals surface area contributed by atoms with Crippen molar-refractivity contribution in [1.82, 2.24) is 0 Å². The van der Waals surface area contributed by atoms with E-state index in [1.807, 2.05) is 35.6 Å². The van der Waals surface area contributed by atoms with Crippen LogP contribution in [0.3, 0.4) is 0 Å². The summed E-state index contributed by atoms with van der Waals surface area (Å²) in [5.41, 5.74) is 1.14. The Kier molecular flexibility index (Phi) is 7.14. The Morgan fingerprint density at radius 2 is 2.00 bits per heavy atom. The van der Waals surface area contributed by atoms with Gasteiger partial charge in [0, 0.05) is 3.57 Å². The van der Waals surface area contributed by atoms with Crippen LogP contribution in [0.15, 0.2) is 12.1 Å². The van der Waals surface area contributed by atoms with Gasteiger partial charge in [0.05, 0.1) is 17.7 Å². The Balaban J connectivity index is 3.12. The normalized spacial score (nSPS) is 10.7. The summed E-state index contributed by atoms with van der Waals surface area (Å²) >= 11 is 2.00. The summed E-state index contributed by atoms with van der Waals surface area (Å²) in [6.07, 6.45) is 2.48. The van der Waals surface area contributed by atoms with Crippen LogP contribution >= 0.6 is 22.6 Å². The first-order valence-electron chi connectivity index (χ1n) is 7.10. The molecule has 5 heteroatoms. The first-order chi connectivity index (χ1) is 9.88. The van der Waals surface area contributed by atoms with Crippen LogP contribution in [0, 0.1) is 9.49 Å². The van der Waals surface area contributed by atoms with Crippen LogP contribution in [0.1, 0.15) is 59.9 Å². The summed E-state index contributed by atoms with van der Waals surface area (Å²) < 4.78 is 5.75. The number of ether oxygens (including phenoxy) is 1. The van der Waals surface area contributed by atoms with Gasteiger partial charge in [-0.2, -0.15) is 0 Å². The Morgan fingerprint density at radius 3 is 2.52 bits per heavy atom. The molecule has 21 heavy (non-hydrogen) atoms. The fourth-order valence-corrected chi connectivity index (χ4v) is 2.90. The number of benzene rings is 1. The minimum atomic E-state index is -1.09. The third-order valence-electron chi connectivity index (χ3n) is 3.01. The van der Waals surface area contributed by atoms with E-state index in [0.29, 0.717) is 16.1 Å². The largest absolute Gasteiger partial charge is 0.478 e. The highest BCUT2D eigenvalue weighted by molar-refractivity contribution is 14.1. The molecule has 1 aromatic carbocycles. The zero-order valence-corrected chi connectivity index (χ0v) is 14.8. The van der Waals surface area contributed by atoms with E-state index in [2.05, 4.69) is 13.8 Å². The fraction of sp³-hybridized carbons (Fsp3) is 0.500. The number of hydrogen-bond acceptors (Lipinski definition) is 3. The van der Waals surface area contributed by atoms with E-state index in [0.717, 1.165) is 24.8 Å². The molecule has 0 amide bonds. The van der Waals surface area contributed by atoms with Gasteiger partial charge >= 0.3 is 11.9 Å². The lowest BCUT2D eigenvalue weighted by molar-refractivity contribution is 0.0489. The molecule has 1 N–H and O–H groups in total. The molecule has 0 aliphatic rings. The minimum absolute atomic E-state index is 0.0512. The average molecular weight is 404 g/mol. The number of carbonyl (C=O) groups is 2. The van der Waals surface area contributed by atoms with Crippen LogP contribution in [0.25, 0.3) is 0 Å². The van der Waals surface area contributed by atoms with Gasteiger partial charge in [-0.25, -0.2) is 9.59 Å². The first-order valence-corrected chi connectivity index (χ1v) is 8.18. The molecule has 0 saturated carbocycles. The molecular weight excluding hydrogens is 383 g/mol. The smallest absolute Gasteiger partial charge is 0.339 e. The van der Waals surface area contributed by atoms with E-state index < -0.39 is 11.9 Å². The number of aromatic carboxylic acids is 1. The Bertz CT molecular complexity index is 523. The molecular formula is C16H21IO4. The molecule has 0 heterocycles. The number of hydrogen-bond donors (Lipinski definition) is 1. The van der Waals surface area contributed by atoms with Gasteiger partial charge in [-0.3, -0.25) is 0 Å². The molecule has 1 rings (SSSR count). The van der Waals surface area contributed by atoms with E-state index in [1.165, 1.54) is 0 Å². The Hall–Kier alpha value is -1.11. The standard InChI is InChI=1S/C16H21IO4/c1-4-5-8-21-16(20)12-7-6-11(9-10(2)3)14(17)13(12)15(18)19/h6-7,10H,4-5,8-9H2,1-3H3,(H,18,19). The molecule has 0 fully saturated rings. The van der Waals surface area contributed by atoms with E-state index in [4.69, 9.17) is 4.74 Å². The molecule has 0 radical (unpaired) electrons. The molecule has 0 spiro atoms. The molecule has 0 aliphatic carbocycles. The molecule has 4 nitrogen and oxygen atoms in total. The molecule has 0 unspecified atom stereocenters. The topological polar surface area (TPSA) is 63.6 Å². The summed E-state index contributed by atoms with van der Waals surface area (Å²) in [6, 6.07) is 3.39. The molecule has 116 valence electrons. The van der Waals surface area contributed by atoms with Gasteiger partial charge < -0.3 is 9.84 Å². The predicted octanol–water partition coefficient (Wildman–Crippen LogP) is 4.14. The van der Waals surface area contributed by atoms with Gasteiger partial charge in [-0.05, 0) is 53.0 Å². The molecule has 0 bridgehead atoms.